The van der Waals surface area contributed by atoms with Crippen molar-refractivity contribution in [1.82, 2.24) is 0 Å². The van der Waals surface area contributed by atoms with Gasteiger partial charge >= 0.3 is 5.97 Å². The molecule has 2 unspecified atom stereocenters. The Hall–Kier alpha value is -1.75. The molecule has 0 aliphatic heterocycles. The average molecular weight is 281 g/mol. The lowest BCUT2D eigenvalue weighted by Crippen LogP contribution is -2.27. The SMILES string of the molecule is CCOC(=O)C(C)Oc1cc(OC)ccc1CC(C)N. The minimum atomic E-state index is -0.672. The van der Waals surface area contributed by atoms with E-state index in [0.717, 1.165) is 5.56 Å². The number of benzene rings is 1. The fourth-order valence-corrected chi connectivity index (χ4v) is 1.79. The molecule has 0 saturated heterocycles. The van der Waals surface area contributed by atoms with Crippen LogP contribution in [0.25, 0.3) is 0 Å². The number of nitrogens with two attached hydrogens (primary N) is 1. The van der Waals surface area contributed by atoms with Crippen LogP contribution in [0.4, 0.5) is 0 Å². The Balaban J connectivity index is 2.91. The maximum absolute atomic E-state index is 11.6. The van der Waals surface area contributed by atoms with Crippen molar-refractivity contribution in [2.75, 3.05) is 13.7 Å². The molecule has 0 saturated carbocycles. The Bertz CT molecular complexity index is 445. The molecule has 20 heavy (non-hydrogen) atoms. The zero-order valence-electron chi connectivity index (χ0n) is 12.5. The zero-order valence-corrected chi connectivity index (χ0v) is 12.5. The van der Waals surface area contributed by atoms with Crippen LogP contribution < -0.4 is 15.2 Å². The molecule has 112 valence electrons. The van der Waals surface area contributed by atoms with Gasteiger partial charge in [0.2, 0.25) is 0 Å². The lowest BCUT2D eigenvalue weighted by molar-refractivity contribution is -0.150. The normalized spacial score (nSPS) is 13.4. The minimum absolute atomic E-state index is 0.00337. The third kappa shape index (κ3) is 4.74. The second-order valence-electron chi connectivity index (χ2n) is 4.67. The van der Waals surface area contributed by atoms with E-state index in [-0.39, 0.29) is 12.0 Å². The second kappa shape index (κ2) is 7.75. The van der Waals surface area contributed by atoms with Crippen LogP contribution in [0, 0.1) is 0 Å². The summed E-state index contributed by atoms with van der Waals surface area (Å²) in [5.41, 5.74) is 6.77. The van der Waals surface area contributed by atoms with Gasteiger partial charge < -0.3 is 19.9 Å². The predicted octanol–water partition coefficient (Wildman–Crippen LogP) is 1.92. The van der Waals surface area contributed by atoms with Gasteiger partial charge in [-0.25, -0.2) is 4.79 Å². The molecule has 0 heterocycles. The molecule has 0 bridgehead atoms. The highest BCUT2D eigenvalue weighted by Crippen LogP contribution is 2.27. The van der Waals surface area contributed by atoms with Crippen molar-refractivity contribution in [3.63, 3.8) is 0 Å². The van der Waals surface area contributed by atoms with E-state index in [2.05, 4.69) is 0 Å². The Kier molecular flexibility index (Phi) is 6.31. The van der Waals surface area contributed by atoms with E-state index in [4.69, 9.17) is 19.9 Å². The first-order chi connectivity index (χ1) is 9.47. The highest BCUT2D eigenvalue weighted by Gasteiger charge is 2.18. The molecular weight excluding hydrogens is 258 g/mol. The number of hydrogen-bond donors (Lipinski definition) is 1. The van der Waals surface area contributed by atoms with Crippen LogP contribution in [0.15, 0.2) is 18.2 Å². The number of methoxy groups -OCH3 is 1. The van der Waals surface area contributed by atoms with E-state index >= 15 is 0 Å². The molecule has 1 aromatic rings. The lowest BCUT2D eigenvalue weighted by atomic mass is 10.1. The van der Waals surface area contributed by atoms with Crippen LogP contribution in [0.3, 0.4) is 0 Å². The Morgan fingerprint density at radius 2 is 2.05 bits per heavy atom. The first kappa shape index (κ1) is 16.3. The van der Waals surface area contributed by atoms with Gasteiger partial charge in [-0.15, -0.1) is 0 Å². The maximum Gasteiger partial charge on any atom is 0.347 e. The summed E-state index contributed by atoms with van der Waals surface area (Å²) < 4.78 is 15.8. The first-order valence-corrected chi connectivity index (χ1v) is 6.73. The number of rotatable bonds is 7. The second-order valence-corrected chi connectivity index (χ2v) is 4.67. The van der Waals surface area contributed by atoms with Crippen molar-refractivity contribution in [2.45, 2.75) is 39.3 Å². The summed E-state index contributed by atoms with van der Waals surface area (Å²) >= 11 is 0. The van der Waals surface area contributed by atoms with E-state index in [1.54, 1.807) is 27.0 Å². The molecule has 0 amide bonds. The van der Waals surface area contributed by atoms with Gasteiger partial charge in [-0.1, -0.05) is 6.07 Å². The first-order valence-electron chi connectivity index (χ1n) is 6.73. The Morgan fingerprint density at radius 1 is 1.35 bits per heavy atom. The molecule has 5 heteroatoms. The van der Waals surface area contributed by atoms with Gasteiger partial charge in [0.05, 0.1) is 13.7 Å². The number of carbonyl (C=O) groups is 1. The van der Waals surface area contributed by atoms with Crippen LogP contribution in [0.1, 0.15) is 26.3 Å². The summed E-state index contributed by atoms with van der Waals surface area (Å²) in [4.78, 5) is 11.6. The van der Waals surface area contributed by atoms with E-state index in [0.29, 0.717) is 24.5 Å². The summed E-state index contributed by atoms with van der Waals surface area (Å²) in [6.45, 7) is 5.67. The molecule has 1 aromatic carbocycles. The van der Waals surface area contributed by atoms with Gasteiger partial charge in [0.1, 0.15) is 11.5 Å². The fourth-order valence-electron chi connectivity index (χ4n) is 1.79. The molecule has 0 aliphatic rings. The third-order valence-electron chi connectivity index (χ3n) is 2.74. The smallest absolute Gasteiger partial charge is 0.347 e. The monoisotopic (exact) mass is 281 g/mol. The van der Waals surface area contributed by atoms with E-state index in [1.807, 2.05) is 19.1 Å². The van der Waals surface area contributed by atoms with Crippen molar-refractivity contribution in [3.8, 4) is 11.5 Å². The molecular formula is C15H23NO4. The molecule has 1 rings (SSSR count). The van der Waals surface area contributed by atoms with Crippen LogP contribution >= 0.6 is 0 Å². The molecule has 0 radical (unpaired) electrons. The summed E-state index contributed by atoms with van der Waals surface area (Å²) in [5.74, 6) is 0.883. The van der Waals surface area contributed by atoms with Crippen LogP contribution in [-0.2, 0) is 16.0 Å². The molecule has 2 N–H and O–H groups in total. The summed E-state index contributed by atoms with van der Waals surface area (Å²) in [6.07, 6.45) is -0.0107. The standard InChI is InChI=1S/C15H23NO4/c1-5-19-15(17)11(3)20-14-9-13(18-4)7-6-12(14)8-10(2)16/h6-7,9-11H,5,8,16H2,1-4H3. The van der Waals surface area contributed by atoms with Gasteiger partial charge in [0, 0.05) is 12.1 Å². The van der Waals surface area contributed by atoms with Crippen LogP contribution in [0.2, 0.25) is 0 Å². The summed E-state index contributed by atoms with van der Waals surface area (Å²) in [7, 11) is 1.58. The van der Waals surface area contributed by atoms with Crippen LogP contribution in [-0.4, -0.2) is 31.8 Å². The van der Waals surface area contributed by atoms with Crippen molar-refractivity contribution in [3.05, 3.63) is 23.8 Å². The highest BCUT2D eigenvalue weighted by molar-refractivity contribution is 5.74. The van der Waals surface area contributed by atoms with Gasteiger partial charge in [-0.05, 0) is 38.8 Å². The third-order valence-corrected chi connectivity index (χ3v) is 2.74. The van der Waals surface area contributed by atoms with Crippen molar-refractivity contribution < 1.29 is 19.0 Å². The minimum Gasteiger partial charge on any atom is -0.497 e. The summed E-state index contributed by atoms with van der Waals surface area (Å²) in [5, 5.41) is 0. The Labute approximate surface area is 120 Å². The molecule has 2 atom stereocenters. The van der Waals surface area contributed by atoms with Gasteiger partial charge in [-0.3, -0.25) is 0 Å². The average Bonchev–Trinajstić information content (AvgIpc) is 2.40. The topological polar surface area (TPSA) is 70.8 Å². The number of esters is 1. The Morgan fingerprint density at radius 3 is 2.60 bits per heavy atom. The number of carbonyl (C=O) groups excluding carboxylic acids is 1. The van der Waals surface area contributed by atoms with Gasteiger partial charge in [0.25, 0.3) is 0 Å². The molecule has 0 spiro atoms. The van der Waals surface area contributed by atoms with Gasteiger partial charge in [0.15, 0.2) is 6.10 Å². The van der Waals surface area contributed by atoms with Gasteiger partial charge in [-0.2, -0.15) is 0 Å². The molecule has 0 fully saturated rings. The van der Waals surface area contributed by atoms with Crippen LogP contribution in [0.5, 0.6) is 11.5 Å². The van der Waals surface area contributed by atoms with E-state index in [9.17, 15) is 4.79 Å². The van der Waals surface area contributed by atoms with Crippen molar-refractivity contribution >= 4 is 5.97 Å². The lowest BCUT2D eigenvalue weighted by Gasteiger charge is -2.18. The molecule has 5 nitrogen and oxygen atoms in total. The largest absolute Gasteiger partial charge is 0.497 e. The van der Waals surface area contributed by atoms with E-state index < -0.39 is 6.10 Å². The molecule has 0 aliphatic carbocycles. The van der Waals surface area contributed by atoms with E-state index in [1.165, 1.54) is 0 Å². The quantitative estimate of drug-likeness (QED) is 0.773. The fraction of sp³-hybridized carbons (Fsp3) is 0.533. The van der Waals surface area contributed by atoms with Crippen molar-refractivity contribution in [2.24, 2.45) is 5.73 Å². The highest BCUT2D eigenvalue weighted by atomic mass is 16.6. The summed E-state index contributed by atoms with van der Waals surface area (Å²) in [6, 6.07) is 5.51. The zero-order chi connectivity index (χ0) is 15.1. The predicted molar refractivity (Wildman–Crippen MR) is 77.1 cm³/mol. The maximum atomic E-state index is 11.6. The number of hydrogen-bond acceptors (Lipinski definition) is 5. The molecule has 0 aromatic heterocycles. The number of ether oxygens (including phenoxy) is 3. The van der Waals surface area contributed by atoms with Crippen molar-refractivity contribution in [1.29, 1.82) is 0 Å².